The fraction of sp³-hybridized carbons (Fsp3) is 0.533. The van der Waals surface area contributed by atoms with Crippen LogP contribution in [0.3, 0.4) is 0 Å². The summed E-state index contributed by atoms with van der Waals surface area (Å²) in [6.45, 7) is 4.44. The molecule has 1 aliphatic heterocycles. The van der Waals surface area contributed by atoms with E-state index in [1.807, 2.05) is 6.92 Å². The van der Waals surface area contributed by atoms with Crippen molar-refractivity contribution in [2.45, 2.75) is 32.1 Å². The average Bonchev–Trinajstić information content (AvgIpc) is 2.43. The maximum absolute atomic E-state index is 14.0. The highest BCUT2D eigenvalue weighted by Crippen LogP contribution is 2.26. The minimum absolute atomic E-state index is 0.0553. The average molecular weight is 302 g/mol. The lowest BCUT2D eigenvalue weighted by Gasteiger charge is -2.33. The Hall–Kier alpha value is -1.16. The van der Waals surface area contributed by atoms with Gasteiger partial charge in [-0.25, -0.2) is 8.78 Å². The molecule has 1 aromatic carbocycles. The summed E-state index contributed by atoms with van der Waals surface area (Å²) < 4.78 is 27.7. The number of nitrogens with zero attached hydrogens (tertiary/aromatic N) is 1. The summed E-state index contributed by atoms with van der Waals surface area (Å²) in [5.74, 6) is -1.77. The SMILES string of the molecule is Cc1ccc(F)c(C(=O)N2CCC(C(C)Cl)CC2)c1F. The molecule has 2 rings (SSSR count). The normalized spacial score (nSPS) is 18.1. The molecule has 0 bridgehead atoms. The molecule has 1 unspecified atom stereocenters. The van der Waals surface area contributed by atoms with Crippen molar-refractivity contribution >= 4 is 17.5 Å². The summed E-state index contributed by atoms with van der Waals surface area (Å²) in [5.41, 5.74) is -0.165. The first-order chi connectivity index (χ1) is 9.41. The Bertz CT molecular complexity index is 511. The predicted octanol–water partition coefficient (Wildman–Crippen LogP) is 3.75. The van der Waals surface area contributed by atoms with E-state index < -0.39 is 23.1 Å². The maximum atomic E-state index is 14.0. The van der Waals surface area contributed by atoms with E-state index in [0.717, 1.165) is 18.9 Å². The number of hydrogen-bond acceptors (Lipinski definition) is 1. The molecule has 2 nitrogen and oxygen atoms in total. The molecule has 0 aliphatic carbocycles. The number of likely N-dealkylation sites (tertiary alicyclic amines) is 1. The van der Waals surface area contributed by atoms with Crippen LogP contribution in [0.2, 0.25) is 0 Å². The molecule has 0 saturated carbocycles. The fourth-order valence-corrected chi connectivity index (χ4v) is 2.82. The summed E-state index contributed by atoms with van der Waals surface area (Å²) in [4.78, 5) is 13.8. The first kappa shape index (κ1) is 15.2. The number of carbonyl (C=O) groups is 1. The van der Waals surface area contributed by atoms with Crippen LogP contribution in [0.15, 0.2) is 12.1 Å². The van der Waals surface area contributed by atoms with Gasteiger partial charge in [-0.1, -0.05) is 6.07 Å². The van der Waals surface area contributed by atoms with Gasteiger partial charge in [0.25, 0.3) is 5.91 Å². The third-order valence-corrected chi connectivity index (χ3v) is 4.33. The number of rotatable bonds is 2. The van der Waals surface area contributed by atoms with Crippen LogP contribution in [-0.2, 0) is 0 Å². The summed E-state index contributed by atoms with van der Waals surface area (Å²) in [7, 11) is 0. The van der Waals surface area contributed by atoms with Crippen molar-refractivity contribution in [2.75, 3.05) is 13.1 Å². The van der Waals surface area contributed by atoms with Crippen LogP contribution < -0.4 is 0 Å². The monoisotopic (exact) mass is 301 g/mol. The van der Waals surface area contributed by atoms with E-state index >= 15 is 0 Å². The van der Waals surface area contributed by atoms with Gasteiger partial charge >= 0.3 is 0 Å². The molecule has 110 valence electrons. The van der Waals surface area contributed by atoms with Crippen molar-refractivity contribution in [3.8, 4) is 0 Å². The van der Waals surface area contributed by atoms with Gasteiger partial charge in [0.1, 0.15) is 17.2 Å². The molecule has 0 aromatic heterocycles. The first-order valence-corrected chi connectivity index (χ1v) is 7.23. The summed E-state index contributed by atoms with van der Waals surface area (Å²) in [5, 5.41) is 0.0553. The molecule has 1 fully saturated rings. The molecule has 0 N–H and O–H groups in total. The minimum atomic E-state index is -0.800. The maximum Gasteiger partial charge on any atom is 0.259 e. The van der Waals surface area contributed by atoms with E-state index in [9.17, 15) is 13.6 Å². The van der Waals surface area contributed by atoms with Crippen LogP contribution in [0.25, 0.3) is 0 Å². The number of piperidine rings is 1. The first-order valence-electron chi connectivity index (χ1n) is 6.79. The zero-order chi connectivity index (χ0) is 14.9. The van der Waals surface area contributed by atoms with Crippen molar-refractivity contribution < 1.29 is 13.6 Å². The van der Waals surface area contributed by atoms with Crippen molar-refractivity contribution in [3.05, 3.63) is 34.9 Å². The zero-order valence-corrected chi connectivity index (χ0v) is 12.4. The summed E-state index contributed by atoms with van der Waals surface area (Å²) in [6.07, 6.45) is 1.54. The number of carbonyl (C=O) groups excluding carboxylic acids is 1. The quantitative estimate of drug-likeness (QED) is 0.762. The lowest BCUT2D eigenvalue weighted by atomic mass is 9.93. The lowest BCUT2D eigenvalue weighted by molar-refractivity contribution is 0.0680. The number of benzene rings is 1. The molecule has 5 heteroatoms. The molecule has 1 atom stereocenters. The topological polar surface area (TPSA) is 20.3 Å². The largest absolute Gasteiger partial charge is 0.338 e. The molecule has 1 saturated heterocycles. The van der Waals surface area contributed by atoms with E-state index in [4.69, 9.17) is 11.6 Å². The molecule has 20 heavy (non-hydrogen) atoms. The van der Waals surface area contributed by atoms with Crippen LogP contribution in [0.4, 0.5) is 8.78 Å². The molecule has 1 aromatic rings. The van der Waals surface area contributed by atoms with Gasteiger partial charge in [0, 0.05) is 18.5 Å². The highest BCUT2D eigenvalue weighted by molar-refractivity contribution is 6.20. The molecule has 1 aliphatic rings. The second-order valence-corrected chi connectivity index (χ2v) is 6.05. The smallest absolute Gasteiger partial charge is 0.259 e. The van der Waals surface area contributed by atoms with Crippen molar-refractivity contribution in [1.82, 2.24) is 4.90 Å². The molecular weight excluding hydrogens is 284 g/mol. The molecule has 0 radical (unpaired) electrons. The van der Waals surface area contributed by atoms with Gasteiger partial charge < -0.3 is 4.90 Å². The van der Waals surface area contributed by atoms with Crippen LogP contribution >= 0.6 is 11.6 Å². The Morgan fingerprint density at radius 3 is 2.50 bits per heavy atom. The van der Waals surface area contributed by atoms with Gasteiger partial charge in [0.05, 0.1) is 0 Å². The number of alkyl halides is 1. The second kappa shape index (κ2) is 6.08. The Morgan fingerprint density at radius 2 is 1.95 bits per heavy atom. The summed E-state index contributed by atoms with van der Waals surface area (Å²) >= 11 is 6.05. The Labute approximate surface area is 122 Å². The highest BCUT2D eigenvalue weighted by atomic mass is 35.5. The van der Waals surface area contributed by atoms with Gasteiger partial charge in [-0.2, -0.15) is 0 Å². The number of hydrogen-bond donors (Lipinski definition) is 0. The molecular formula is C15H18ClF2NO. The van der Waals surface area contributed by atoms with Gasteiger partial charge in [-0.05, 0) is 44.2 Å². The third kappa shape index (κ3) is 2.95. The highest BCUT2D eigenvalue weighted by Gasteiger charge is 2.29. The van der Waals surface area contributed by atoms with Gasteiger partial charge in [0.15, 0.2) is 0 Å². The van der Waals surface area contributed by atoms with Gasteiger partial charge in [0.2, 0.25) is 0 Å². The Balaban J connectivity index is 2.16. The van der Waals surface area contributed by atoms with Crippen molar-refractivity contribution in [2.24, 2.45) is 5.92 Å². The number of amides is 1. The fourth-order valence-electron chi connectivity index (χ4n) is 2.57. The lowest BCUT2D eigenvalue weighted by Crippen LogP contribution is -2.40. The second-order valence-electron chi connectivity index (χ2n) is 5.36. The van der Waals surface area contributed by atoms with Crippen LogP contribution in [0.1, 0.15) is 35.7 Å². The van der Waals surface area contributed by atoms with Crippen LogP contribution in [0, 0.1) is 24.5 Å². The van der Waals surface area contributed by atoms with E-state index in [2.05, 4.69) is 0 Å². The van der Waals surface area contributed by atoms with Gasteiger partial charge in [-0.3, -0.25) is 4.79 Å². The summed E-state index contributed by atoms with van der Waals surface area (Å²) in [6, 6.07) is 2.47. The standard InChI is InChI=1S/C15H18ClF2NO/c1-9-3-4-12(17)13(14(9)18)15(20)19-7-5-11(6-8-19)10(2)16/h3-4,10-11H,5-8H2,1-2H3. The minimum Gasteiger partial charge on any atom is -0.338 e. The van der Waals surface area contributed by atoms with E-state index in [1.165, 1.54) is 17.9 Å². The third-order valence-electron chi connectivity index (χ3n) is 3.97. The van der Waals surface area contributed by atoms with E-state index in [1.54, 1.807) is 0 Å². The Kier molecular flexibility index (Phi) is 4.63. The van der Waals surface area contributed by atoms with Crippen LogP contribution in [-0.4, -0.2) is 29.3 Å². The van der Waals surface area contributed by atoms with Crippen LogP contribution in [0.5, 0.6) is 0 Å². The molecule has 0 spiro atoms. The number of halogens is 3. The van der Waals surface area contributed by atoms with Gasteiger partial charge in [-0.15, -0.1) is 11.6 Å². The Morgan fingerprint density at radius 1 is 1.35 bits per heavy atom. The number of aryl methyl sites for hydroxylation is 1. The molecule has 1 heterocycles. The van der Waals surface area contributed by atoms with E-state index in [-0.39, 0.29) is 10.9 Å². The zero-order valence-electron chi connectivity index (χ0n) is 11.6. The predicted molar refractivity (Wildman–Crippen MR) is 75.0 cm³/mol. The van der Waals surface area contributed by atoms with Crippen molar-refractivity contribution in [1.29, 1.82) is 0 Å². The van der Waals surface area contributed by atoms with Crippen molar-refractivity contribution in [3.63, 3.8) is 0 Å². The molecule has 1 amide bonds. The van der Waals surface area contributed by atoms with E-state index in [0.29, 0.717) is 19.0 Å².